The molecule has 102 valence electrons. The number of hydrogen-bond donors (Lipinski definition) is 2. The molecule has 0 aliphatic heterocycles. The molecule has 0 spiro atoms. The monoisotopic (exact) mass is 240 g/mol. The Morgan fingerprint density at radius 3 is 2.47 bits per heavy atom. The highest BCUT2D eigenvalue weighted by molar-refractivity contribution is 4.80. The molecule has 0 aromatic carbocycles. The van der Waals surface area contributed by atoms with E-state index in [9.17, 15) is 0 Å². The molecule has 1 unspecified atom stereocenters. The second-order valence-corrected chi connectivity index (χ2v) is 6.08. The van der Waals surface area contributed by atoms with Crippen molar-refractivity contribution in [1.29, 1.82) is 0 Å². The van der Waals surface area contributed by atoms with Gasteiger partial charge in [-0.2, -0.15) is 0 Å². The SMILES string of the molecule is CCCC(CCCNC1CC1)CNCC(C)C. The van der Waals surface area contributed by atoms with Gasteiger partial charge in [-0.05, 0) is 63.6 Å². The van der Waals surface area contributed by atoms with Crippen LogP contribution in [0.25, 0.3) is 0 Å². The molecule has 1 saturated carbocycles. The first-order valence-electron chi connectivity index (χ1n) is 7.66. The smallest absolute Gasteiger partial charge is 0.00682 e. The van der Waals surface area contributed by atoms with Gasteiger partial charge in [0.25, 0.3) is 0 Å². The van der Waals surface area contributed by atoms with Crippen molar-refractivity contribution in [2.24, 2.45) is 11.8 Å². The number of rotatable bonds is 11. The zero-order valence-electron chi connectivity index (χ0n) is 12.1. The second-order valence-electron chi connectivity index (χ2n) is 6.08. The van der Waals surface area contributed by atoms with Crippen molar-refractivity contribution < 1.29 is 0 Å². The summed E-state index contributed by atoms with van der Waals surface area (Å²) < 4.78 is 0. The summed E-state index contributed by atoms with van der Waals surface area (Å²) in [6.45, 7) is 10.5. The van der Waals surface area contributed by atoms with E-state index in [-0.39, 0.29) is 0 Å². The van der Waals surface area contributed by atoms with Crippen LogP contribution in [0.5, 0.6) is 0 Å². The molecule has 2 nitrogen and oxygen atoms in total. The summed E-state index contributed by atoms with van der Waals surface area (Å²) in [5.41, 5.74) is 0. The quantitative estimate of drug-likeness (QED) is 0.542. The molecule has 1 atom stereocenters. The van der Waals surface area contributed by atoms with Gasteiger partial charge in [0, 0.05) is 6.04 Å². The molecule has 2 N–H and O–H groups in total. The third-order valence-corrected chi connectivity index (χ3v) is 3.48. The van der Waals surface area contributed by atoms with Gasteiger partial charge in [0.2, 0.25) is 0 Å². The van der Waals surface area contributed by atoms with Gasteiger partial charge < -0.3 is 10.6 Å². The maximum Gasteiger partial charge on any atom is 0.00682 e. The lowest BCUT2D eigenvalue weighted by Crippen LogP contribution is -2.27. The van der Waals surface area contributed by atoms with E-state index in [1.54, 1.807) is 0 Å². The zero-order valence-corrected chi connectivity index (χ0v) is 12.1. The van der Waals surface area contributed by atoms with Crippen LogP contribution in [0.2, 0.25) is 0 Å². The first-order valence-corrected chi connectivity index (χ1v) is 7.66. The third kappa shape index (κ3) is 8.62. The molecule has 0 aromatic rings. The first kappa shape index (κ1) is 15.0. The molecule has 1 aliphatic rings. The number of hydrogen-bond acceptors (Lipinski definition) is 2. The van der Waals surface area contributed by atoms with Crippen LogP contribution in [0.15, 0.2) is 0 Å². The maximum atomic E-state index is 3.61. The van der Waals surface area contributed by atoms with Crippen molar-refractivity contribution in [1.82, 2.24) is 10.6 Å². The van der Waals surface area contributed by atoms with Gasteiger partial charge in [0.15, 0.2) is 0 Å². The first-order chi connectivity index (χ1) is 8.22. The van der Waals surface area contributed by atoms with Crippen molar-refractivity contribution in [2.45, 2.75) is 65.3 Å². The topological polar surface area (TPSA) is 24.1 Å². The molecule has 0 saturated heterocycles. The molecular formula is C15H32N2. The highest BCUT2D eigenvalue weighted by Crippen LogP contribution is 2.19. The predicted molar refractivity (Wildman–Crippen MR) is 76.4 cm³/mol. The second kappa shape index (κ2) is 8.93. The Hall–Kier alpha value is -0.0800. The van der Waals surface area contributed by atoms with Gasteiger partial charge in [0.1, 0.15) is 0 Å². The van der Waals surface area contributed by atoms with Crippen molar-refractivity contribution >= 4 is 0 Å². The predicted octanol–water partition coefficient (Wildman–Crippen LogP) is 3.18. The summed E-state index contributed by atoms with van der Waals surface area (Å²) in [4.78, 5) is 0. The Kier molecular flexibility index (Phi) is 7.87. The fourth-order valence-electron chi connectivity index (χ4n) is 2.32. The Labute approximate surface area is 108 Å². The van der Waals surface area contributed by atoms with Gasteiger partial charge in [-0.1, -0.05) is 27.2 Å². The lowest BCUT2D eigenvalue weighted by Gasteiger charge is -2.18. The molecule has 1 rings (SSSR count). The highest BCUT2D eigenvalue weighted by Gasteiger charge is 2.19. The minimum absolute atomic E-state index is 0.772. The Bertz CT molecular complexity index is 176. The molecule has 0 amide bonds. The Morgan fingerprint density at radius 1 is 1.12 bits per heavy atom. The van der Waals surface area contributed by atoms with Crippen LogP contribution in [0, 0.1) is 11.8 Å². The van der Waals surface area contributed by atoms with Gasteiger partial charge in [0.05, 0.1) is 0 Å². The van der Waals surface area contributed by atoms with Crippen LogP contribution in [0.4, 0.5) is 0 Å². The largest absolute Gasteiger partial charge is 0.316 e. The lowest BCUT2D eigenvalue weighted by atomic mass is 9.97. The molecule has 2 heteroatoms. The molecule has 0 radical (unpaired) electrons. The van der Waals surface area contributed by atoms with Crippen molar-refractivity contribution in [3.8, 4) is 0 Å². The van der Waals surface area contributed by atoms with Gasteiger partial charge in [-0.25, -0.2) is 0 Å². The number of nitrogens with one attached hydrogen (secondary N) is 2. The van der Waals surface area contributed by atoms with Crippen molar-refractivity contribution in [2.75, 3.05) is 19.6 Å². The van der Waals surface area contributed by atoms with Gasteiger partial charge >= 0.3 is 0 Å². The van der Waals surface area contributed by atoms with Crippen LogP contribution in [0.3, 0.4) is 0 Å². The molecule has 1 aliphatic carbocycles. The molecule has 17 heavy (non-hydrogen) atoms. The third-order valence-electron chi connectivity index (χ3n) is 3.48. The molecule has 1 fully saturated rings. The summed E-state index contributed by atoms with van der Waals surface area (Å²) in [6.07, 6.45) is 8.27. The van der Waals surface area contributed by atoms with E-state index >= 15 is 0 Å². The zero-order chi connectivity index (χ0) is 12.5. The summed E-state index contributed by atoms with van der Waals surface area (Å²) in [6, 6.07) is 0.874. The minimum Gasteiger partial charge on any atom is -0.316 e. The molecular weight excluding hydrogens is 208 g/mol. The summed E-state index contributed by atoms with van der Waals surface area (Å²) in [5.74, 6) is 1.66. The molecule has 0 bridgehead atoms. The van der Waals surface area contributed by atoms with E-state index in [1.165, 1.54) is 58.2 Å². The van der Waals surface area contributed by atoms with E-state index in [0.717, 1.165) is 17.9 Å². The van der Waals surface area contributed by atoms with E-state index < -0.39 is 0 Å². The fourth-order valence-corrected chi connectivity index (χ4v) is 2.32. The van der Waals surface area contributed by atoms with Crippen LogP contribution >= 0.6 is 0 Å². The van der Waals surface area contributed by atoms with Crippen LogP contribution in [-0.4, -0.2) is 25.7 Å². The van der Waals surface area contributed by atoms with Crippen molar-refractivity contribution in [3.05, 3.63) is 0 Å². The van der Waals surface area contributed by atoms with E-state index in [2.05, 4.69) is 31.4 Å². The van der Waals surface area contributed by atoms with Crippen LogP contribution < -0.4 is 10.6 Å². The summed E-state index contributed by atoms with van der Waals surface area (Å²) in [5, 5.41) is 7.22. The van der Waals surface area contributed by atoms with E-state index in [4.69, 9.17) is 0 Å². The van der Waals surface area contributed by atoms with E-state index in [1.807, 2.05) is 0 Å². The normalized spacial score (nSPS) is 17.6. The highest BCUT2D eigenvalue weighted by atomic mass is 14.9. The fraction of sp³-hybridized carbons (Fsp3) is 1.00. The average Bonchev–Trinajstić information content (AvgIpc) is 3.07. The van der Waals surface area contributed by atoms with E-state index in [0.29, 0.717) is 0 Å². The van der Waals surface area contributed by atoms with Crippen LogP contribution in [-0.2, 0) is 0 Å². The summed E-state index contributed by atoms with van der Waals surface area (Å²) >= 11 is 0. The average molecular weight is 240 g/mol. The van der Waals surface area contributed by atoms with Crippen LogP contribution in [0.1, 0.15) is 59.3 Å². The maximum absolute atomic E-state index is 3.61. The lowest BCUT2D eigenvalue weighted by molar-refractivity contribution is 0.388. The Balaban J connectivity index is 1.99. The minimum atomic E-state index is 0.772. The standard InChI is InChI=1S/C15H32N2/c1-4-6-14(12-16-11-13(2)3)7-5-10-17-15-8-9-15/h13-17H,4-12H2,1-3H3. The summed E-state index contributed by atoms with van der Waals surface area (Å²) in [7, 11) is 0. The van der Waals surface area contributed by atoms with Crippen molar-refractivity contribution in [3.63, 3.8) is 0 Å². The van der Waals surface area contributed by atoms with Gasteiger partial charge in [-0.15, -0.1) is 0 Å². The Morgan fingerprint density at radius 2 is 1.88 bits per heavy atom. The molecule has 0 aromatic heterocycles. The molecule has 0 heterocycles. The van der Waals surface area contributed by atoms with Gasteiger partial charge in [-0.3, -0.25) is 0 Å².